The van der Waals surface area contributed by atoms with E-state index in [-0.39, 0.29) is 6.42 Å². The van der Waals surface area contributed by atoms with E-state index in [0.717, 1.165) is 4.48 Å². The fourth-order valence-corrected chi connectivity index (χ4v) is 2.22. The number of rotatable bonds is 5. The maximum Gasteiger partial charge on any atom is 0.152 e. The Kier molecular flexibility index (Phi) is 4.21. The van der Waals surface area contributed by atoms with Crippen LogP contribution >= 0.6 is 15.9 Å². The van der Waals surface area contributed by atoms with Crippen molar-refractivity contribution < 1.29 is 14.7 Å². The first-order valence-electron chi connectivity index (χ1n) is 5.23. The quantitative estimate of drug-likeness (QED) is 0.788. The number of halogens is 1. The summed E-state index contributed by atoms with van der Waals surface area (Å²) in [5.41, 5.74) is -2.73. The third kappa shape index (κ3) is 2.18. The highest BCUT2D eigenvalue weighted by Crippen LogP contribution is 2.40. The van der Waals surface area contributed by atoms with Gasteiger partial charge in [-0.25, -0.2) is 0 Å². The van der Waals surface area contributed by atoms with Crippen LogP contribution in [0.25, 0.3) is 0 Å². The van der Waals surface area contributed by atoms with Crippen LogP contribution in [0.3, 0.4) is 0 Å². The van der Waals surface area contributed by atoms with E-state index in [1.165, 1.54) is 0 Å². The van der Waals surface area contributed by atoms with E-state index in [1.807, 2.05) is 6.92 Å². The van der Waals surface area contributed by atoms with Crippen molar-refractivity contribution in [1.29, 1.82) is 0 Å². The van der Waals surface area contributed by atoms with Gasteiger partial charge in [0.25, 0.3) is 0 Å². The Hall–Kier alpha value is -0.740. The number of aliphatic hydroxyl groups is 1. The van der Waals surface area contributed by atoms with Crippen molar-refractivity contribution in [3.63, 3.8) is 0 Å². The monoisotopic (exact) mass is 286 g/mol. The number of aldehydes is 2. The summed E-state index contributed by atoms with van der Waals surface area (Å²) in [7, 11) is 0. The number of hydrogen-bond acceptors (Lipinski definition) is 3. The fraction of sp³-hybridized carbons (Fsp3) is 0.500. The summed E-state index contributed by atoms with van der Waals surface area (Å²) in [6.07, 6.45) is 7.51. The number of carbonyl (C=O) groups excluding carboxylic acids is 2. The van der Waals surface area contributed by atoms with Crippen LogP contribution in [0.1, 0.15) is 26.2 Å². The lowest BCUT2D eigenvalue weighted by Crippen LogP contribution is -2.50. The predicted molar refractivity (Wildman–Crippen MR) is 65.2 cm³/mol. The molecule has 3 nitrogen and oxygen atoms in total. The molecule has 16 heavy (non-hydrogen) atoms. The molecule has 0 radical (unpaired) electrons. The first-order chi connectivity index (χ1) is 7.53. The number of hydrogen-bond donors (Lipinski definition) is 1. The van der Waals surface area contributed by atoms with Gasteiger partial charge in [0.15, 0.2) is 6.29 Å². The zero-order chi connectivity index (χ0) is 12.2. The lowest BCUT2D eigenvalue weighted by atomic mass is 9.67. The minimum atomic E-state index is -1.61. The lowest BCUT2D eigenvalue weighted by molar-refractivity contribution is -0.144. The largest absolute Gasteiger partial charge is 0.381 e. The molecule has 1 rings (SSSR count). The molecule has 0 unspecified atom stereocenters. The molecule has 88 valence electrons. The van der Waals surface area contributed by atoms with E-state index >= 15 is 0 Å². The van der Waals surface area contributed by atoms with Gasteiger partial charge in [0.1, 0.15) is 11.9 Å². The van der Waals surface area contributed by atoms with E-state index in [1.54, 1.807) is 18.2 Å². The van der Waals surface area contributed by atoms with E-state index in [0.29, 0.717) is 25.4 Å². The maximum absolute atomic E-state index is 11.3. The molecule has 1 N–H and O–H groups in total. The molecule has 0 fully saturated rings. The van der Waals surface area contributed by atoms with Gasteiger partial charge in [-0.1, -0.05) is 47.5 Å². The second kappa shape index (κ2) is 5.06. The standard InChI is InChI=1S/C12H15BrO3/c1-2-5-12(16,9-15)11(8-14)6-3-10(13)4-7-11/h3-4,6,8-9,16H,2,5,7H2,1H3/t11-,12+/m0/s1. The normalized spacial score (nSPS) is 28.1. The van der Waals surface area contributed by atoms with Crippen molar-refractivity contribution in [2.24, 2.45) is 5.41 Å². The molecular formula is C12H15BrO3. The van der Waals surface area contributed by atoms with E-state index in [9.17, 15) is 14.7 Å². The third-order valence-corrected chi connectivity index (χ3v) is 3.61. The molecule has 0 amide bonds. The van der Waals surface area contributed by atoms with E-state index in [2.05, 4.69) is 15.9 Å². The van der Waals surface area contributed by atoms with Gasteiger partial charge in [-0.3, -0.25) is 0 Å². The third-order valence-electron chi connectivity index (χ3n) is 3.02. The van der Waals surface area contributed by atoms with Crippen molar-refractivity contribution in [3.05, 3.63) is 22.7 Å². The van der Waals surface area contributed by atoms with E-state index < -0.39 is 11.0 Å². The summed E-state index contributed by atoms with van der Waals surface area (Å²) in [6.45, 7) is 1.87. The maximum atomic E-state index is 11.3. The highest BCUT2D eigenvalue weighted by molar-refractivity contribution is 9.11. The van der Waals surface area contributed by atoms with Gasteiger partial charge < -0.3 is 14.7 Å². The van der Waals surface area contributed by atoms with Gasteiger partial charge in [0.2, 0.25) is 0 Å². The van der Waals surface area contributed by atoms with Crippen molar-refractivity contribution >= 4 is 28.5 Å². The van der Waals surface area contributed by atoms with Gasteiger partial charge in [-0.05, 0) is 12.8 Å². The van der Waals surface area contributed by atoms with Crippen LogP contribution in [0.15, 0.2) is 22.7 Å². The van der Waals surface area contributed by atoms with Crippen molar-refractivity contribution in [1.82, 2.24) is 0 Å². The molecule has 0 aromatic carbocycles. The molecule has 1 aliphatic rings. The molecule has 2 atom stereocenters. The summed E-state index contributed by atoms with van der Waals surface area (Å²) in [5.74, 6) is 0. The second-order valence-corrected chi connectivity index (χ2v) is 4.99. The molecule has 0 aliphatic heterocycles. The molecule has 0 spiro atoms. The predicted octanol–water partition coefficient (Wildman–Crippen LogP) is 2.14. The van der Waals surface area contributed by atoms with Crippen molar-refractivity contribution in [3.8, 4) is 0 Å². The van der Waals surface area contributed by atoms with Crippen LogP contribution in [0, 0.1) is 5.41 Å². The first kappa shape index (κ1) is 13.3. The molecule has 0 aromatic rings. The van der Waals surface area contributed by atoms with Crippen LogP contribution in [0.4, 0.5) is 0 Å². The van der Waals surface area contributed by atoms with Crippen LogP contribution in [-0.2, 0) is 9.59 Å². The molecule has 1 aliphatic carbocycles. The van der Waals surface area contributed by atoms with Gasteiger partial charge in [-0.15, -0.1) is 0 Å². The lowest BCUT2D eigenvalue weighted by Gasteiger charge is -2.38. The Morgan fingerprint density at radius 3 is 2.69 bits per heavy atom. The summed E-state index contributed by atoms with van der Waals surface area (Å²) in [6, 6.07) is 0. The Morgan fingerprint density at radius 1 is 1.62 bits per heavy atom. The molecule has 0 bridgehead atoms. The summed E-state index contributed by atoms with van der Waals surface area (Å²) >= 11 is 3.29. The molecule has 4 heteroatoms. The highest BCUT2D eigenvalue weighted by atomic mass is 79.9. The van der Waals surface area contributed by atoms with Gasteiger partial charge in [0, 0.05) is 4.48 Å². The highest BCUT2D eigenvalue weighted by Gasteiger charge is 2.48. The van der Waals surface area contributed by atoms with Crippen LogP contribution in [0.2, 0.25) is 0 Å². The number of carbonyl (C=O) groups is 2. The minimum Gasteiger partial charge on any atom is -0.381 e. The fourth-order valence-electron chi connectivity index (χ4n) is 1.92. The Bertz CT molecular complexity index is 348. The van der Waals surface area contributed by atoms with Crippen molar-refractivity contribution in [2.45, 2.75) is 31.8 Å². The average Bonchev–Trinajstić information content (AvgIpc) is 2.30. The summed E-state index contributed by atoms with van der Waals surface area (Å²) in [4.78, 5) is 22.3. The van der Waals surface area contributed by atoms with Crippen molar-refractivity contribution in [2.75, 3.05) is 0 Å². The Morgan fingerprint density at radius 2 is 2.31 bits per heavy atom. The average molecular weight is 287 g/mol. The molecule has 0 saturated carbocycles. The second-order valence-electron chi connectivity index (χ2n) is 4.08. The SMILES string of the molecule is CCC[C@@](O)(C=O)[C@@]1(C=O)C=CC(Br)=CC1. The van der Waals surface area contributed by atoms with Crippen LogP contribution in [0.5, 0.6) is 0 Å². The topological polar surface area (TPSA) is 54.4 Å². The number of allylic oxidation sites excluding steroid dienone is 3. The molecule has 0 aromatic heterocycles. The van der Waals surface area contributed by atoms with Gasteiger partial charge >= 0.3 is 0 Å². The van der Waals surface area contributed by atoms with Crippen LogP contribution in [-0.4, -0.2) is 23.3 Å². The summed E-state index contributed by atoms with van der Waals surface area (Å²) in [5, 5.41) is 10.3. The zero-order valence-corrected chi connectivity index (χ0v) is 10.7. The molecule has 0 heterocycles. The van der Waals surface area contributed by atoms with Gasteiger partial charge in [0.05, 0.1) is 5.41 Å². The van der Waals surface area contributed by atoms with Gasteiger partial charge in [-0.2, -0.15) is 0 Å². The van der Waals surface area contributed by atoms with Crippen LogP contribution < -0.4 is 0 Å². The summed E-state index contributed by atoms with van der Waals surface area (Å²) < 4.78 is 0.856. The van der Waals surface area contributed by atoms with E-state index in [4.69, 9.17) is 0 Å². The Labute approximate surface area is 103 Å². The first-order valence-corrected chi connectivity index (χ1v) is 6.03. The smallest absolute Gasteiger partial charge is 0.152 e. The molecular weight excluding hydrogens is 272 g/mol. The Balaban J connectivity index is 3.10. The zero-order valence-electron chi connectivity index (χ0n) is 9.15. The molecule has 0 saturated heterocycles. The minimum absolute atomic E-state index is 0.283.